The number of hydrogen-bond donors (Lipinski definition) is 2. The third-order valence-electron chi connectivity index (χ3n) is 4.74. The Morgan fingerprint density at radius 1 is 1.04 bits per heavy atom. The van der Waals surface area contributed by atoms with Gasteiger partial charge in [0.25, 0.3) is 0 Å². The van der Waals surface area contributed by atoms with Gasteiger partial charge in [-0.05, 0) is 47.9 Å². The number of fused-ring (bicyclic) bond motifs is 2. The molecule has 0 spiro atoms. The van der Waals surface area contributed by atoms with Gasteiger partial charge in [-0.3, -0.25) is 4.99 Å². The van der Waals surface area contributed by atoms with E-state index in [1.165, 1.54) is 22.3 Å². The maximum Gasteiger partial charge on any atom is 0.188 e. The number of aryl methyl sites for hydroxylation is 2. The zero-order valence-corrected chi connectivity index (χ0v) is 13.8. The lowest BCUT2D eigenvalue weighted by Gasteiger charge is -2.20. The van der Waals surface area contributed by atoms with Crippen LogP contribution >= 0.6 is 0 Å². The first-order valence-electron chi connectivity index (χ1n) is 8.41. The summed E-state index contributed by atoms with van der Waals surface area (Å²) in [5.41, 5.74) is 11.7. The number of hydrogen-bond acceptors (Lipinski definition) is 1. The highest BCUT2D eigenvalue weighted by molar-refractivity contribution is 5.77. The molecule has 0 amide bonds. The number of guanidine groups is 1. The van der Waals surface area contributed by atoms with Gasteiger partial charge in [0.1, 0.15) is 0 Å². The fraction of sp³-hybridized carbons (Fsp3) is 0.350. The Morgan fingerprint density at radius 3 is 2.17 bits per heavy atom. The maximum absolute atomic E-state index is 5.71. The Balaban J connectivity index is 1.82. The van der Waals surface area contributed by atoms with Gasteiger partial charge in [-0.15, -0.1) is 0 Å². The molecule has 3 N–H and O–H groups in total. The van der Waals surface area contributed by atoms with Gasteiger partial charge < -0.3 is 11.1 Å². The van der Waals surface area contributed by atoms with Crippen molar-refractivity contribution in [3.8, 4) is 0 Å². The largest absolute Gasteiger partial charge is 0.370 e. The third-order valence-corrected chi connectivity index (χ3v) is 4.74. The van der Waals surface area contributed by atoms with Crippen LogP contribution in [0, 0.1) is 0 Å². The predicted molar refractivity (Wildman–Crippen MR) is 96.9 cm³/mol. The van der Waals surface area contributed by atoms with E-state index in [0.29, 0.717) is 11.9 Å². The van der Waals surface area contributed by atoms with E-state index in [1.807, 2.05) is 0 Å². The van der Waals surface area contributed by atoms with E-state index in [-0.39, 0.29) is 0 Å². The van der Waals surface area contributed by atoms with Crippen LogP contribution in [0.4, 0.5) is 0 Å². The van der Waals surface area contributed by atoms with Crippen LogP contribution in [0.25, 0.3) is 0 Å². The number of nitrogens with two attached hydrogens (primary N) is 1. The molecule has 0 heterocycles. The van der Waals surface area contributed by atoms with E-state index < -0.39 is 0 Å². The highest BCUT2D eigenvalue weighted by atomic mass is 15.1. The van der Waals surface area contributed by atoms with Crippen LogP contribution in [0.5, 0.6) is 0 Å². The van der Waals surface area contributed by atoms with E-state index >= 15 is 0 Å². The number of nitrogens with zero attached hydrogens (tertiary/aromatic N) is 1. The summed E-state index contributed by atoms with van der Waals surface area (Å²) in [6.07, 6.45) is 4.47. The minimum Gasteiger partial charge on any atom is -0.370 e. The van der Waals surface area contributed by atoms with Crippen molar-refractivity contribution in [3.05, 3.63) is 70.8 Å². The summed E-state index contributed by atoms with van der Waals surface area (Å²) < 4.78 is 0. The number of aliphatic imine (C=N–C) groups is 1. The van der Waals surface area contributed by atoms with Crippen molar-refractivity contribution >= 4 is 5.96 Å². The molecule has 3 nitrogen and oxygen atoms in total. The van der Waals surface area contributed by atoms with Gasteiger partial charge in [0.15, 0.2) is 5.96 Å². The van der Waals surface area contributed by atoms with Gasteiger partial charge in [0.05, 0.1) is 0 Å². The second kappa shape index (κ2) is 7.32. The molecule has 3 rings (SSSR count). The third kappa shape index (κ3) is 3.55. The molecule has 1 aliphatic carbocycles. The standard InChI is InChI=1S/C20H25N3/c1-22-20(21)23-14-6-11-19-17-9-4-2-7-15(17)12-13-16-8-3-5-10-18(16)19/h2-5,7-10,19H,6,11-14H2,1H3,(H3,21,22,23). The molecular weight excluding hydrogens is 282 g/mol. The quantitative estimate of drug-likeness (QED) is 0.517. The molecule has 0 fully saturated rings. The molecule has 0 radical (unpaired) electrons. The average molecular weight is 307 g/mol. The monoisotopic (exact) mass is 307 g/mol. The zero-order valence-electron chi connectivity index (χ0n) is 13.8. The first-order chi connectivity index (χ1) is 11.3. The van der Waals surface area contributed by atoms with Gasteiger partial charge in [-0.25, -0.2) is 0 Å². The van der Waals surface area contributed by atoms with E-state index in [1.54, 1.807) is 7.05 Å². The van der Waals surface area contributed by atoms with Gasteiger partial charge in [0.2, 0.25) is 0 Å². The fourth-order valence-electron chi connectivity index (χ4n) is 3.55. The Morgan fingerprint density at radius 2 is 1.61 bits per heavy atom. The number of nitrogens with one attached hydrogen (secondary N) is 1. The highest BCUT2D eigenvalue weighted by Gasteiger charge is 2.22. The number of benzene rings is 2. The smallest absolute Gasteiger partial charge is 0.188 e. The van der Waals surface area contributed by atoms with Crippen LogP contribution in [0.3, 0.4) is 0 Å². The molecule has 2 aromatic rings. The molecule has 0 saturated carbocycles. The van der Waals surface area contributed by atoms with E-state index in [2.05, 4.69) is 58.8 Å². The first kappa shape index (κ1) is 15.6. The molecule has 2 aromatic carbocycles. The fourth-order valence-corrected chi connectivity index (χ4v) is 3.55. The Kier molecular flexibility index (Phi) is 4.96. The van der Waals surface area contributed by atoms with Crippen molar-refractivity contribution in [3.63, 3.8) is 0 Å². The summed E-state index contributed by atoms with van der Waals surface area (Å²) >= 11 is 0. The van der Waals surface area contributed by atoms with Crippen molar-refractivity contribution in [2.75, 3.05) is 13.6 Å². The van der Waals surface area contributed by atoms with Crippen LogP contribution in [0.1, 0.15) is 41.0 Å². The van der Waals surface area contributed by atoms with Crippen molar-refractivity contribution in [1.29, 1.82) is 0 Å². The Hall–Kier alpha value is -2.29. The predicted octanol–water partition coefficient (Wildman–Crippen LogP) is 3.23. The van der Waals surface area contributed by atoms with Crippen molar-refractivity contribution in [1.82, 2.24) is 5.32 Å². The second-order valence-electron chi connectivity index (χ2n) is 6.13. The summed E-state index contributed by atoms with van der Waals surface area (Å²) in [4.78, 5) is 3.94. The molecule has 0 aliphatic heterocycles. The lowest BCUT2D eigenvalue weighted by Crippen LogP contribution is -2.32. The van der Waals surface area contributed by atoms with E-state index in [4.69, 9.17) is 5.73 Å². The van der Waals surface area contributed by atoms with Crippen molar-refractivity contribution in [2.45, 2.75) is 31.6 Å². The van der Waals surface area contributed by atoms with Crippen LogP contribution in [0.15, 0.2) is 53.5 Å². The van der Waals surface area contributed by atoms with E-state index in [0.717, 1.165) is 32.2 Å². The molecule has 120 valence electrons. The SMILES string of the molecule is CN=C(N)NCCCC1c2ccccc2CCc2ccccc21. The van der Waals surface area contributed by atoms with Gasteiger partial charge in [-0.1, -0.05) is 48.5 Å². The first-order valence-corrected chi connectivity index (χ1v) is 8.41. The summed E-state index contributed by atoms with van der Waals surface area (Å²) in [7, 11) is 1.71. The molecule has 0 unspecified atom stereocenters. The van der Waals surface area contributed by atoms with Crippen molar-refractivity contribution < 1.29 is 0 Å². The van der Waals surface area contributed by atoms with Gasteiger partial charge in [0, 0.05) is 19.5 Å². The normalized spacial score (nSPS) is 14.7. The van der Waals surface area contributed by atoms with Crippen LogP contribution < -0.4 is 11.1 Å². The summed E-state index contributed by atoms with van der Waals surface area (Å²) in [5.74, 6) is 0.998. The molecule has 23 heavy (non-hydrogen) atoms. The maximum atomic E-state index is 5.71. The average Bonchev–Trinajstić information content (AvgIpc) is 2.76. The summed E-state index contributed by atoms with van der Waals surface area (Å²) in [6, 6.07) is 17.8. The van der Waals surface area contributed by atoms with E-state index in [9.17, 15) is 0 Å². The topological polar surface area (TPSA) is 50.4 Å². The molecule has 1 aliphatic rings. The highest BCUT2D eigenvalue weighted by Crippen LogP contribution is 2.36. The molecular formula is C20H25N3. The van der Waals surface area contributed by atoms with Crippen molar-refractivity contribution in [2.24, 2.45) is 10.7 Å². The lowest BCUT2D eigenvalue weighted by atomic mass is 9.85. The van der Waals surface area contributed by atoms with Crippen LogP contribution in [-0.2, 0) is 12.8 Å². The number of rotatable bonds is 4. The molecule has 3 heteroatoms. The van der Waals surface area contributed by atoms with Crippen LogP contribution in [-0.4, -0.2) is 19.6 Å². The minimum absolute atomic E-state index is 0.478. The zero-order chi connectivity index (χ0) is 16.1. The second-order valence-corrected chi connectivity index (χ2v) is 6.13. The minimum atomic E-state index is 0.478. The summed E-state index contributed by atoms with van der Waals surface area (Å²) in [6.45, 7) is 0.865. The summed E-state index contributed by atoms with van der Waals surface area (Å²) in [5, 5.41) is 3.16. The van der Waals surface area contributed by atoms with Gasteiger partial charge in [-0.2, -0.15) is 0 Å². The lowest BCUT2D eigenvalue weighted by molar-refractivity contribution is 0.645. The van der Waals surface area contributed by atoms with Crippen LogP contribution in [0.2, 0.25) is 0 Å². The Bertz CT molecular complexity index is 643. The molecule has 0 saturated heterocycles. The molecule has 0 bridgehead atoms. The molecule has 0 atom stereocenters. The Labute approximate surface area is 138 Å². The molecule has 0 aromatic heterocycles. The van der Waals surface area contributed by atoms with Gasteiger partial charge >= 0.3 is 0 Å².